The van der Waals surface area contributed by atoms with E-state index in [1.807, 2.05) is 18.2 Å². The van der Waals surface area contributed by atoms with Crippen LogP contribution in [0.3, 0.4) is 0 Å². The van der Waals surface area contributed by atoms with Gasteiger partial charge in [-0.25, -0.2) is 9.59 Å². The molecule has 0 heterocycles. The second kappa shape index (κ2) is 8.86. The smallest absolute Gasteiger partial charge is 0.331 e. The number of hydrogen-bond acceptors (Lipinski definition) is 5. The van der Waals surface area contributed by atoms with Crippen molar-refractivity contribution in [2.45, 2.75) is 32.2 Å². The van der Waals surface area contributed by atoms with E-state index < -0.39 is 11.9 Å². The molecule has 1 atom stereocenters. The van der Waals surface area contributed by atoms with E-state index in [9.17, 15) is 14.4 Å². The topological polar surface area (TPSA) is 81.7 Å². The molecule has 0 spiro atoms. The lowest BCUT2D eigenvalue weighted by molar-refractivity contribution is -0.144. The predicted octanol–water partition coefficient (Wildman–Crippen LogP) is 1.84. The highest BCUT2D eigenvalue weighted by atomic mass is 16.5. The molecule has 0 aromatic heterocycles. The number of benzene rings is 1. The van der Waals surface area contributed by atoms with Crippen molar-refractivity contribution in [3.8, 4) is 0 Å². The Labute approximate surface area is 140 Å². The lowest BCUT2D eigenvalue weighted by Crippen LogP contribution is -2.34. The van der Waals surface area contributed by atoms with Crippen LogP contribution in [0.25, 0.3) is 0 Å². The van der Waals surface area contributed by atoms with Crippen molar-refractivity contribution in [1.82, 2.24) is 5.32 Å². The Kier molecular flexibility index (Phi) is 6.54. The standard InChI is InChI=1S/C18H21NO5/c1-2-23-17(21)10-11-18(22)24-12-16(20)19-15-9-5-7-13-6-3-4-8-14(13)15/h3-4,6,8,10-11,15H,2,5,7,9,12H2,1H3,(H,19,20)/b11-10+/t15-/m0/s1. The monoisotopic (exact) mass is 331 g/mol. The molecule has 128 valence electrons. The van der Waals surface area contributed by atoms with Crippen LogP contribution in [-0.2, 0) is 30.3 Å². The molecule has 1 aromatic rings. The summed E-state index contributed by atoms with van der Waals surface area (Å²) in [5.74, 6) is -1.76. The van der Waals surface area contributed by atoms with Gasteiger partial charge in [-0.1, -0.05) is 24.3 Å². The van der Waals surface area contributed by atoms with Crippen molar-refractivity contribution in [3.63, 3.8) is 0 Å². The molecular weight excluding hydrogens is 310 g/mol. The molecular formula is C18H21NO5. The maximum atomic E-state index is 12.0. The molecule has 1 amide bonds. The fraction of sp³-hybridized carbons (Fsp3) is 0.389. The number of hydrogen-bond donors (Lipinski definition) is 1. The Hall–Kier alpha value is -2.63. The van der Waals surface area contributed by atoms with Crippen molar-refractivity contribution in [2.24, 2.45) is 0 Å². The summed E-state index contributed by atoms with van der Waals surface area (Å²) in [5, 5.41) is 2.88. The molecule has 0 aliphatic heterocycles. The number of ether oxygens (including phenoxy) is 2. The predicted molar refractivity (Wildman–Crippen MR) is 87.0 cm³/mol. The molecule has 1 aromatic carbocycles. The molecule has 0 fully saturated rings. The number of amides is 1. The maximum Gasteiger partial charge on any atom is 0.331 e. The van der Waals surface area contributed by atoms with Crippen LogP contribution in [0.2, 0.25) is 0 Å². The lowest BCUT2D eigenvalue weighted by Gasteiger charge is -2.26. The molecule has 0 saturated carbocycles. The summed E-state index contributed by atoms with van der Waals surface area (Å²) < 4.78 is 9.46. The summed E-state index contributed by atoms with van der Waals surface area (Å²) in [6.07, 6.45) is 4.79. The van der Waals surface area contributed by atoms with Crippen LogP contribution in [0.15, 0.2) is 36.4 Å². The van der Waals surface area contributed by atoms with Gasteiger partial charge in [-0.15, -0.1) is 0 Å². The molecule has 0 unspecified atom stereocenters. The van der Waals surface area contributed by atoms with E-state index in [0.717, 1.165) is 37.0 Å². The number of nitrogens with one attached hydrogen (secondary N) is 1. The van der Waals surface area contributed by atoms with E-state index in [1.54, 1.807) is 6.92 Å². The molecule has 1 aliphatic rings. The van der Waals surface area contributed by atoms with Crippen LogP contribution in [0.1, 0.15) is 36.9 Å². The zero-order chi connectivity index (χ0) is 17.4. The first-order valence-electron chi connectivity index (χ1n) is 7.99. The number of aryl methyl sites for hydroxylation is 1. The van der Waals surface area contributed by atoms with Gasteiger partial charge in [-0.3, -0.25) is 4.79 Å². The van der Waals surface area contributed by atoms with E-state index in [1.165, 1.54) is 5.56 Å². The van der Waals surface area contributed by atoms with E-state index in [-0.39, 0.29) is 25.2 Å². The summed E-state index contributed by atoms with van der Waals surface area (Å²) >= 11 is 0. The van der Waals surface area contributed by atoms with Gasteiger partial charge in [0, 0.05) is 12.2 Å². The second-order valence-corrected chi connectivity index (χ2v) is 5.40. The largest absolute Gasteiger partial charge is 0.463 e. The van der Waals surface area contributed by atoms with Crippen LogP contribution in [-0.4, -0.2) is 31.1 Å². The second-order valence-electron chi connectivity index (χ2n) is 5.40. The van der Waals surface area contributed by atoms with Crippen LogP contribution < -0.4 is 5.32 Å². The van der Waals surface area contributed by atoms with Gasteiger partial charge < -0.3 is 14.8 Å². The molecule has 2 rings (SSSR count). The van der Waals surface area contributed by atoms with Crippen LogP contribution >= 0.6 is 0 Å². The molecule has 6 nitrogen and oxygen atoms in total. The van der Waals surface area contributed by atoms with Crippen molar-refractivity contribution < 1.29 is 23.9 Å². The zero-order valence-corrected chi connectivity index (χ0v) is 13.6. The molecule has 0 bridgehead atoms. The van der Waals surface area contributed by atoms with E-state index in [4.69, 9.17) is 4.74 Å². The summed E-state index contributed by atoms with van der Waals surface area (Å²) in [4.78, 5) is 34.5. The van der Waals surface area contributed by atoms with Crippen molar-refractivity contribution in [3.05, 3.63) is 47.5 Å². The normalized spacial score (nSPS) is 16.3. The van der Waals surface area contributed by atoms with Gasteiger partial charge in [-0.2, -0.15) is 0 Å². The van der Waals surface area contributed by atoms with Gasteiger partial charge in [-0.05, 0) is 37.3 Å². The lowest BCUT2D eigenvalue weighted by atomic mass is 9.88. The summed E-state index contributed by atoms with van der Waals surface area (Å²) in [7, 11) is 0. The Balaban J connectivity index is 1.80. The molecule has 0 radical (unpaired) electrons. The highest BCUT2D eigenvalue weighted by Gasteiger charge is 2.21. The zero-order valence-electron chi connectivity index (χ0n) is 13.6. The highest BCUT2D eigenvalue weighted by Crippen LogP contribution is 2.29. The van der Waals surface area contributed by atoms with Gasteiger partial charge in [0.25, 0.3) is 5.91 Å². The summed E-state index contributed by atoms with van der Waals surface area (Å²) in [6, 6.07) is 7.95. The van der Waals surface area contributed by atoms with Gasteiger partial charge in [0.15, 0.2) is 6.61 Å². The minimum Gasteiger partial charge on any atom is -0.463 e. The number of carbonyl (C=O) groups excluding carboxylic acids is 3. The van der Waals surface area contributed by atoms with Crippen LogP contribution in [0.4, 0.5) is 0 Å². The molecule has 6 heteroatoms. The van der Waals surface area contributed by atoms with E-state index >= 15 is 0 Å². The Bertz CT molecular complexity index is 638. The number of fused-ring (bicyclic) bond motifs is 1. The minimum atomic E-state index is -0.762. The Morgan fingerprint density at radius 1 is 1.17 bits per heavy atom. The summed E-state index contributed by atoms with van der Waals surface area (Å²) in [6.45, 7) is 1.51. The van der Waals surface area contributed by atoms with Gasteiger partial charge in [0.1, 0.15) is 0 Å². The number of carbonyl (C=O) groups is 3. The van der Waals surface area contributed by atoms with Crippen LogP contribution in [0, 0.1) is 0 Å². The van der Waals surface area contributed by atoms with Crippen LogP contribution in [0.5, 0.6) is 0 Å². The van der Waals surface area contributed by atoms with Crippen molar-refractivity contribution in [1.29, 1.82) is 0 Å². The number of esters is 2. The fourth-order valence-corrected chi connectivity index (χ4v) is 2.65. The average molecular weight is 331 g/mol. The molecule has 1 N–H and O–H groups in total. The van der Waals surface area contributed by atoms with Gasteiger partial charge in [0.2, 0.25) is 0 Å². The van der Waals surface area contributed by atoms with E-state index in [2.05, 4.69) is 16.1 Å². The highest BCUT2D eigenvalue weighted by molar-refractivity contribution is 5.92. The SMILES string of the molecule is CCOC(=O)/C=C/C(=O)OCC(=O)N[C@H]1CCCc2ccccc21. The van der Waals surface area contributed by atoms with Crippen molar-refractivity contribution >= 4 is 17.8 Å². The number of rotatable bonds is 6. The quantitative estimate of drug-likeness (QED) is 0.635. The summed E-state index contributed by atoms with van der Waals surface area (Å²) in [5.41, 5.74) is 2.36. The fourth-order valence-electron chi connectivity index (χ4n) is 2.65. The minimum absolute atomic E-state index is 0.0590. The van der Waals surface area contributed by atoms with E-state index in [0.29, 0.717) is 0 Å². The Morgan fingerprint density at radius 3 is 2.62 bits per heavy atom. The van der Waals surface area contributed by atoms with Gasteiger partial charge in [0.05, 0.1) is 12.6 Å². The third-order valence-electron chi connectivity index (χ3n) is 3.69. The average Bonchev–Trinajstić information content (AvgIpc) is 2.59. The first-order chi connectivity index (χ1) is 11.6. The van der Waals surface area contributed by atoms with Crippen molar-refractivity contribution in [2.75, 3.05) is 13.2 Å². The first-order valence-corrected chi connectivity index (χ1v) is 7.99. The molecule has 24 heavy (non-hydrogen) atoms. The Morgan fingerprint density at radius 2 is 1.88 bits per heavy atom. The van der Waals surface area contributed by atoms with Gasteiger partial charge >= 0.3 is 11.9 Å². The third-order valence-corrected chi connectivity index (χ3v) is 3.69. The third kappa shape index (κ3) is 5.22. The maximum absolute atomic E-state index is 12.0. The molecule has 0 saturated heterocycles. The molecule has 1 aliphatic carbocycles. The first kappa shape index (κ1) is 17.7.